The van der Waals surface area contributed by atoms with Crippen molar-refractivity contribution in [3.05, 3.63) is 16.1 Å². The quantitative estimate of drug-likeness (QED) is 0.915. The molecule has 2 amide bonds. The Bertz CT molecular complexity index is 583. The first-order valence-corrected chi connectivity index (χ1v) is 10.3. The lowest BCUT2D eigenvalue weighted by Gasteiger charge is -2.40. The number of carbonyl (C=O) groups excluding carboxylic acids is 1. The number of hydrogen-bond acceptors (Lipinski definition) is 4. The molecule has 7 heteroatoms. The standard InChI is InChI=1S/C15H23N3O2S2/c1-11-17-12(9-21-11)13-5-3-8-18(13)14(19)16-10-15(22(2)20)6-4-7-15/h9,13H,3-8,10H2,1-2H3,(H,16,19). The molecule has 1 N–H and O–H groups in total. The smallest absolute Gasteiger partial charge is 0.318 e. The largest absolute Gasteiger partial charge is 0.336 e. The number of carbonyl (C=O) groups is 1. The second-order valence-electron chi connectivity index (χ2n) is 6.29. The molecule has 1 saturated carbocycles. The molecule has 0 bridgehead atoms. The van der Waals surface area contributed by atoms with Crippen molar-refractivity contribution >= 4 is 28.2 Å². The Morgan fingerprint density at radius 1 is 1.55 bits per heavy atom. The summed E-state index contributed by atoms with van der Waals surface area (Å²) in [5.74, 6) is 0. The fraction of sp³-hybridized carbons (Fsp3) is 0.733. The molecular formula is C15H23N3O2S2. The summed E-state index contributed by atoms with van der Waals surface area (Å²) < 4.78 is 11.7. The zero-order valence-electron chi connectivity index (χ0n) is 13.1. The number of likely N-dealkylation sites (tertiary alicyclic amines) is 1. The maximum atomic E-state index is 12.5. The summed E-state index contributed by atoms with van der Waals surface area (Å²) in [5, 5.41) is 6.12. The van der Waals surface area contributed by atoms with E-state index in [1.165, 1.54) is 0 Å². The summed E-state index contributed by atoms with van der Waals surface area (Å²) in [4.78, 5) is 19.0. The van der Waals surface area contributed by atoms with E-state index in [4.69, 9.17) is 0 Å². The third-order valence-electron chi connectivity index (χ3n) is 4.93. The first-order chi connectivity index (χ1) is 10.5. The molecule has 5 nitrogen and oxygen atoms in total. The molecular weight excluding hydrogens is 318 g/mol. The topological polar surface area (TPSA) is 62.3 Å². The Balaban J connectivity index is 1.63. The lowest BCUT2D eigenvalue weighted by atomic mass is 9.84. The van der Waals surface area contributed by atoms with Gasteiger partial charge in [0.05, 0.1) is 21.5 Å². The van der Waals surface area contributed by atoms with Crippen molar-refractivity contribution in [3.8, 4) is 0 Å². The number of aryl methyl sites for hydroxylation is 1. The Morgan fingerprint density at radius 2 is 2.32 bits per heavy atom. The zero-order chi connectivity index (χ0) is 15.7. The van der Waals surface area contributed by atoms with Gasteiger partial charge in [0, 0.05) is 35.5 Å². The van der Waals surface area contributed by atoms with Crippen LogP contribution in [0, 0.1) is 6.92 Å². The van der Waals surface area contributed by atoms with E-state index in [2.05, 4.69) is 15.7 Å². The average Bonchev–Trinajstić information content (AvgIpc) is 3.04. The third kappa shape index (κ3) is 2.93. The van der Waals surface area contributed by atoms with Gasteiger partial charge in [-0.15, -0.1) is 11.3 Å². The molecule has 0 spiro atoms. The highest BCUT2D eigenvalue weighted by atomic mass is 32.2. The third-order valence-corrected chi connectivity index (χ3v) is 7.49. The van der Waals surface area contributed by atoms with Crippen molar-refractivity contribution in [2.24, 2.45) is 0 Å². The van der Waals surface area contributed by atoms with E-state index in [0.717, 1.165) is 49.4 Å². The fourth-order valence-corrected chi connectivity index (χ4v) is 5.12. The molecule has 1 aliphatic carbocycles. The molecule has 2 unspecified atom stereocenters. The van der Waals surface area contributed by atoms with E-state index in [-0.39, 0.29) is 16.8 Å². The number of thiazole rings is 1. The first-order valence-electron chi connectivity index (χ1n) is 7.82. The van der Waals surface area contributed by atoms with E-state index in [9.17, 15) is 9.00 Å². The van der Waals surface area contributed by atoms with E-state index >= 15 is 0 Å². The molecule has 1 saturated heterocycles. The number of urea groups is 1. The van der Waals surface area contributed by atoms with Crippen molar-refractivity contribution in [2.45, 2.75) is 49.8 Å². The summed E-state index contributed by atoms with van der Waals surface area (Å²) in [6.07, 6.45) is 6.75. The van der Waals surface area contributed by atoms with Gasteiger partial charge in [-0.05, 0) is 32.6 Å². The number of aromatic nitrogens is 1. The van der Waals surface area contributed by atoms with Gasteiger partial charge in [0.2, 0.25) is 0 Å². The highest BCUT2D eigenvalue weighted by Crippen LogP contribution is 2.37. The monoisotopic (exact) mass is 341 g/mol. The van der Waals surface area contributed by atoms with Crippen LogP contribution in [0.4, 0.5) is 4.79 Å². The van der Waals surface area contributed by atoms with Crippen LogP contribution in [0.25, 0.3) is 0 Å². The van der Waals surface area contributed by atoms with E-state index in [1.54, 1.807) is 17.6 Å². The predicted molar refractivity (Wildman–Crippen MR) is 89.6 cm³/mol. The van der Waals surface area contributed by atoms with Crippen molar-refractivity contribution in [1.29, 1.82) is 0 Å². The van der Waals surface area contributed by atoms with Gasteiger partial charge in [0.15, 0.2) is 0 Å². The van der Waals surface area contributed by atoms with Crippen LogP contribution in [0.5, 0.6) is 0 Å². The van der Waals surface area contributed by atoms with E-state index < -0.39 is 10.8 Å². The molecule has 122 valence electrons. The maximum Gasteiger partial charge on any atom is 0.318 e. The highest BCUT2D eigenvalue weighted by Gasteiger charge is 2.42. The van der Waals surface area contributed by atoms with Crippen LogP contribution >= 0.6 is 11.3 Å². The number of nitrogens with one attached hydrogen (secondary N) is 1. The van der Waals surface area contributed by atoms with Crippen molar-refractivity contribution < 1.29 is 9.00 Å². The fourth-order valence-electron chi connectivity index (χ4n) is 3.33. The number of rotatable bonds is 4. The van der Waals surface area contributed by atoms with Crippen LogP contribution in [-0.2, 0) is 10.8 Å². The number of nitrogens with zero attached hydrogens (tertiary/aromatic N) is 2. The molecule has 22 heavy (non-hydrogen) atoms. The highest BCUT2D eigenvalue weighted by molar-refractivity contribution is 7.85. The average molecular weight is 342 g/mol. The minimum absolute atomic E-state index is 0.0371. The van der Waals surface area contributed by atoms with Gasteiger partial charge in [0.1, 0.15) is 0 Å². The lowest BCUT2D eigenvalue weighted by molar-refractivity contribution is 0.188. The Labute approximate surface area is 138 Å². The van der Waals surface area contributed by atoms with Crippen LogP contribution in [0.1, 0.15) is 48.8 Å². The predicted octanol–water partition coefficient (Wildman–Crippen LogP) is 2.60. The summed E-state index contributed by atoms with van der Waals surface area (Å²) in [6.45, 7) is 3.29. The first kappa shape index (κ1) is 15.9. The van der Waals surface area contributed by atoms with Crippen LogP contribution in [-0.4, -0.2) is 44.2 Å². The second-order valence-corrected chi connectivity index (χ2v) is 9.13. The molecule has 1 aromatic rings. The summed E-state index contributed by atoms with van der Waals surface area (Å²) in [7, 11) is -0.885. The summed E-state index contributed by atoms with van der Waals surface area (Å²) >= 11 is 1.63. The Hall–Kier alpha value is -0.950. The molecule has 2 atom stereocenters. The maximum absolute atomic E-state index is 12.5. The Morgan fingerprint density at radius 3 is 2.86 bits per heavy atom. The molecule has 0 radical (unpaired) electrons. The van der Waals surface area contributed by atoms with Crippen molar-refractivity contribution in [2.75, 3.05) is 19.3 Å². The van der Waals surface area contributed by atoms with Crippen LogP contribution in [0.15, 0.2) is 5.38 Å². The Kier molecular flexibility index (Phi) is 4.54. The minimum Gasteiger partial charge on any atom is -0.336 e. The molecule has 1 aliphatic heterocycles. The zero-order valence-corrected chi connectivity index (χ0v) is 14.8. The van der Waals surface area contributed by atoms with Crippen molar-refractivity contribution in [3.63, 3.8) is 0 Å². The lowest BCUT2D eigenvalue weighted by Crippen LogP contribution is -2.53. The van der Waals surface area contributed by atoms with E-state index in [0.29, 0.717) is 6.54 Å². The molecule has 1 aromatic heterocycles. The van der Waals surface area contributed by atoms with Crippen LogP contribution in [0.3, 0.4) is 0 Å². The summed E-state index contributed by atoms with van der Waals surface area (Å²) in [5.41, 5.74) is 1.01. The SMILES string of the molecule is Cc1nc(C2CCCN2C(=O)NCC2(S(C)=O)CCC2)cs1. The molecule has 2 heterocycles. The number of amides is 2. The molecule has 2 aliphatic rings. The van der Waals surface area contributed by atoms with Gasteiger partial charge in [-0.1, -0.05) is 6.42 Å². The van der Waals surface area contributed by atoms with Crippen molar-refractivity contribution in [1.82, 2.24) is 15.2 Å². The minimum atomic E-state index is -0.885. The van der Waals surface area contributed by atoms with Gasteiger partial charge in [-0.25, -0.2) is 9.78 Å². The van der Waals surface area contributed by atoms with Gasteiger partial charge >= 0.3 is 6.03 Å². The van der Waals surface area contributed by atoms with Gasteiger partial charge < -0.3 is 10.2 Å². The molecule has 2 fully saturated rings. The molecule has 3 rings (SSSR count). The summed E-state index contributed by atoms with van der Waals surface area (Å²) in [6, 6.07) is 0.0549. The normalized spacial score (nSPS) is 24.8. The number of hydrogen-bond donors (Lipinski definition) is 1. The second kappa shape index (κ2) is 6.28. The molecule has 0 aromatic carbocycles. The van der Waals surface area contributed by atoms with Gasteiger partial charge in [-0.3, -0.25) is 4.21 Å². The van der Waals surface area contributed by atoms with Crippen LogP contribution < -0.4 is 5.32 Å². The van der Waals surface area contributed by atoms with Gasteiger partial charge in [-0.2, -0.15) is 0 Å². The van der Waals surface area contributed by atoms with Gasteiger partial charge in [0.25, 0.3) is 0 Å². The van der Waals surface area contributed by atoms with Crippen LogP contribution in [0.2, 0.25) is 0 Å². The van der Waals surface area contributed by atoms with E-state index in [1.807, 2.05) is 11.8 Å².